The summed E-state index contributed by atoms with van der Waals surface area (Å²) in [6.07, 6.45) is 2.36. The molecule has 0 N–H and O–H groups in total. The minimum absolute atomic E-state index is 0.0898. The first kappa shape index (κ1) is 9.21. The molecule has 4 nitrogen and oxygen atoms in total. The van der Waals surface area contributed by atoms with Gasteiger partial charge in [-0.3, -0.25) is 4.79 Å². The van der Waals surface area contributed by atoms with Crippen molar-refractivity contribution in [3.05, 3.63) is 10.7 Å². The van der Waals surface area contributed by atoms with Crippen LogP contribution in [0.1, 0.15) is 30.1 Å². The Kier molecular flexibility index (Phi) is 1.69. The Morgan fingerprint density at radius 1 is 1.60 bits per heavy atom. The van der Waals surface area contributed by atoms with E-state index in [9.17, 15) is 4.79 Å². The zero-order valence-corrected chi connectivity index (χ0v) is 9.17. The highest BCUT2D eigenvalue weighted by Crippen LogP contribution is 2.50. The normalized spacial score (nSPS) is 20.9. The number of carbonyl (C=O) groups is 1. The predicted molar refractivity (Wildman–Crippen MR) is 54.4 cm³/mol. The lowest BCUT2D eigenvalue weighted by Gasteiger charge is -2.23. The van der Waals surface area contributed by atoms with E-state index in [4.69, 9.17) is 16.3 Å². The molecule has 1 aliphatic heterocycles. The lowest BCUT2D eigenvalue weighted by Crippen LogP contribution is -2.27. The molecule has 0 atom stereocenters. The quantitative estimate of drug-likeness (QED) is 0.687. The fourth-order valence-corrected chi connectivity index (χ4v) is 2.34. The second kappa shape index (κ2) is 2.76. The van der Waals surface area contributed by atoms with Crippen molar-refractivity contribution in [3.63, 3.8) is 0 Å². The number of fused-ring (bicyclic) bond motifs is 1. The van der Waals surface area contributed by atoms with Crippen molar-refractivity contribution in [1.82, 2.24) is 9.78 Å². The summed E-state index contributed by atoms with van der Waals surface area (Å²) in [7, 11) is 0. The van der Waals surface area contributed by atoms with E-state index in [0.717, 1.165) is 6.54 Å². The molecule has 2 aliphatic rings. The van der Waals surface area contributed by atoms with Gasteiger partial charge in [0.2, 0.25) is 5.88 Å². The second-order valence-corrected chi connectivity index (χ2v) is 4.83. The smallest absolute Gasteiger partial charge is 0.224 e. The first-order valence-corrected chi connectivity index (χ1v) is 5.39. The molecule has 0 bridgehead atoms. The number of Topliss-reactive ketones (excluding diaryl/α,β-unsaturated/α-hetero) is 1. The molecule has 0 aromatic carbocycles. The lowest BCUT2D eigenvalue weighted by molar-refractivity contribution is 0.0998. The Morgan fingerprint density at radius 2 is 2.33 bits per heavy atom. The van der Waals surface area contributed by atoms with Gasteiger partial charge in [0.25, 0.3) is 0 Å². The Morgan fingerprint density at radius 3 is 2.93 bits per heavy atom. The van der Waals surface area contributed by atoms with Crippen LogP contribution in [-0.4, -0.2) is 22.2 Å². The Balaban J connectivity index is 2.06. The predicted octanol–water partition coefficient (Wildman–Crippen LogP) is 1.91. The maximum absolute atomic E-state index is 11.4. The number of aromatic nitrogens is 2. The van der Waals surface area contributed by atoms with Crippen molar-refractivity contribution in [2.75, 3.05) is 6.61 Å². The SMILES string of the molecule is CC(=O)c1c(Cl)nn2c1OCC1(CC1)C2. The van der Waals surface area contributed by atoms with Gasteiger partial charge in [-0.2, -0.15) is 5.10 Å². The molecule has 80 valence electrons. The van der Waals surface area contributed by atoms with Crippen molar-refractivity contribution in [2.45, 2.75) is 26.3 Å². The van der Waals surface area contributed by atoms with Crippen LogP contribution in [0.25, 0.3) is 0 Å². The van der Waals surface area contributed by atoms with Gasteiger partial charge in [-0.1, -0.05) is 11.6 Å². The lowest BCUT2D eigenvalue weighted by atomic mass is 10.1. The maximum atomic E-state index is 11.4. The van der Waals surface area contributed by atoms with Crippen molar-refractivity contribution in [1.29, 1.82) is 0 Å². The summed E-state index contributed by atoms with van der Waals surface area (Å²) in [5.74, 6) is 0.457. The van der Waals surface area contributed by atoms with Crippen LogP contribution in [-0.2, 0) is 6.54 Å². The van der Waals surface area contributed by atoms with Crippen molar-refractivity contribution in [3.8, 4) is 5.88 Å². The van der Waals surface area contributed by atoms with Crippen LogP contribution >= 0.6 is 11.6 Å². The van der Waals surface area contributed by atoms with Crippen molar-refractivity contribution in [2.24, 2.45) is 5.41 Å². The molecule has 1 spiro atoms. The van der Waals surface area contributed by atoms with E-state index in [-0.39, 0.29) is 16.4 Å². The minimum atomic E-state index is -0.0898. The monoisotopic (exact) mass is 226 g/mol. The summed E-state index contributed by atoms with van der Waals surface area (Å²) in [6, 6.07) is 0. The highest BCUT2D eigenvalue weighted by atomic mass is 35.5. The summed E-state index contributed by atoms with van der Waals surface area (Å²) in [4.78, 5) is 11.4. The number of carbonyl (C=O) groups excluding carboxylic acids is 1. The van der Waals surface area contributed by atoms with Crippen molar-refractivity contribution >= 4 is 17.4 Å². The highest BCUT2D eigenvalue weighted by molar-refractivity contribution is 6.33. The minimum Gasteiger partial charge on any atom is -0.477 e. The molecule has 3 rings (SSSR count). The molecule has 0 saturated heterocycles. The van der Waals surface area contributed by atoms with Crippen LogP contribution in [0, 0.1) is 5.41 Å². The van der Waals surface area contributed by atoms with Gasteiger partial charge in [0, 0.05) is 5.41 Å². The first-order valence-electron chi connectivity index (χ1n) is 5.01. The molecular weight excluding hydrogens is 216 g/mol. The third kappa shape index (κ3) is 1.28. The molecule has 1 aliphatic carbocycles. The number of hydrogen-bond acceptors (Lipinski definition) is 3. The zero-order valence-electron chi connectivity index (χ0n) is 8.42. The zero-order chi connectivity index (χ0) is 10.6. The summed E-state index contributed by atoms with van der Waals surface area (Å²) in [5.41, 5.74) is 0.698. The topological polar surface area (TPSA) is 44.1 Å². The van der Waals surface area contributed by atoms with E-state index >= 15 is 0 Å². The molecule has 1 saturated carbocycles. The average Bonchev–Trinajstić information content (AvgIpc) is 2.80. The van der Waals surface area contributed by atoms with Crippen LogP contribution in [0.2, 0.25) is 5.15 Å². The summed E-state index contributed by atoms with van der Waals surface area (Å²) in [6.45, 7) is 3.00. The van der Waals surface area contributed by atoms with Gasteiger partial charge < -0.3 is 4.74 Å². The average molecular weight is 227 g/mol. The summed E-state index contributed by atoms with van der Waals surface area (Å²) >= 11 is 5.91. The van der Waals surface area contributed by atoms with Gasteiger partial charge in [0.1, 0.15) is 5.56 Å². The highest BCUT2D eigenvalue weighted by Gasteiger charge is 2.48. The van der Waals surface area contributed by atoms with Gasteiger partial charge in [-0.25, -0.2) is 4.68 Å². The van der Waals surface area contributed by atoms with Gasteiger partial charge in [-0.05, 0) is 19.8 Å². The molecule has 0 radical (unpaired) electrons. The molecular formula is C10H11ClN2O2. The number of ketones is 1. The van der Waals surface area contributed by atoms with E-state index in [0.29, 0.717) is 18.1 Å². The number of rotatable bonds is 1. The van der Waals surface area contributed by atoms with Gasteiger partial charge >= 0.3 is 0 Å². The van der Waals surface area contributed by atoms with Crippen LogP contribution in [0.5, 0.6) is 5.88 Å². The molecule has 5 heteroatoms. The van der Waals surface area contributed by atoms with Crippen LogP contribution in [0.3, 0.4) is 0 Å². The Hall–Kier alpha value is -1.03. The standard InChI is InChI=1S/C10H11ClN2O2/c1-6(14)7-8(11)12-13-4-10(2-3-10)5-15-9(7)13/h2-5H2,1H3. The maximum Gasteiger partial charge on any atom is 0.224 e. The molecule has 0 unspecified atom stereocenters. The summed E-state index contributed by atoms with van der Waals surface area (Å²) < 4.78 is 7.34. The van der Waals surface area contributed by atoms with Crippen LogP contribution in [0.15, 0.2) is 0 Å². The number of nitrogens with zero attached hydrogens (tertiary/aromatic N) is 2. The van der Waals surface area contributed by atoms with E-state index in [2.05, 4.69) is 5.10 Å². The largest absolute Gasteiger partial charge is 0.477 e. The number of halogens is 1. The summed E-state index contributed by atoms with van der Waals surface area (Å²) in [5, 5.41) is 4.40. The number of hydrogen-bond donors (Lipinski definition) is 0. The van der Waals surface area contributed by atoms with Gasteiger partial charge in [0.05, 0.1) is 13.2 Å². The molecule has 1 fully saturated rings. The molecule has 0 amide bonds. The molecule has 1 aromatic rings. The van der Waals surface area contributed by atoms with E-state index in [1.165, 1.54) is 19.8 Å². The first-order chi connectivity index (χ1) is 7.11. The molecule has 2 heterocycles. The van der Waals surface area contributed by atoms with E-state index in [1.807, 2.05) is 0 Å². The Bertz CT molecular complexity index is 449. The Labute approximate surface area is 92.2 Å². The van der Waals surface area contributed by atoms with E-state index < -0.39 is 0 Å². The third-order valence-corrected chi connectivity index (χ3v) is 3.44. The number of ether oxygens (including phenoxy) is 1. The van der Waals surface area contributed by atoms with Crippen LogP contribution in [0.4, 0.5) is 0 Å². The molecule has 15 heavy (non-hydrogen) atoms. The van der Waals surface area contributed by atoms with Gasteiger partial charge in [0.15, 0.2) is 10.9 Å². The molecule has 1 aromatic heterocycles. The van der Waals surface area contributed by atoms with Crippen LogP contribution < -0.4 is 4.74 Å². The van der Waals surface area contributed by atoms with Crippen molar-refractivity contribution < 1.29 is 9.53 Å². The van der Waals surface area contributed by atoms with Gasteiger partial charge in [-0.15, -0.1) is 0 Å². The van der Waals surface area contributed by atoms with E-state index in [1.54, 1.807) is 4.68 Å². The fraction of sp³-hybridized carbons (Fsp3) is 0.600. The fourth-order valence-electron chi connectivity index (χ4n) is 2.03. The second-order valence-electron chi connectivity index (χ2n) is 4.47. The third-order valence-electron chi connectivity index (χ3n) is 3.17.